The zero-order valence-electron chi connectivity index (χ0n) is 10.1. The van der Waals surface area contributed by atoms with Crippen LogP contribution in [0.2, 0.25) is 0 Å². The van der Waals surface area contributed by atoms with E-state index in [2.05, 4.69) is 10.3 Å². The van der Waals surface area contributed by atoms with Gasteiger partial charge in [0.15, 0.2) is 0 Å². The van der Waals surface area contributed by atoms with E-state index in [1.807, 2.05) is 0 Å². The van der Waals surface area contributed by atoms with E-state index in [1.54, 1.807) is 24.3 Å². The molecule has 0 aliphatic rings. The first-order valence-corrected chi connectivity index (χ1v) is 5.47. The molecule has 0 atom stereocenters. The molecule has 0 aliphatic carbocycles. The molecular formula is C13H12N2O4. The fraction of sp³-hybridized carbons (Fsp3) is 0.0769. The molecule has 3 N–H and O–H groups in total. The summed E-state index contributed by atoms with van der Waals surface area (Å²) in [5.41, 5.74) is 0.0350. The summed E-state index contributed by atoms with van der Waals surface area (Å²) in [5.74, 6) is -0.297. The lowest BCUT2D eigenvalue weighted by Crippen LogP contribution is -2.15. The molecule has 1 heterocycles. The molecule has 6 nitrogen and oxygen atoms in total. The van der Waals surface area contributed by atoms with Crippen molar-refractivity contribution >= 4 is 11.6 Å². The molecule has 0 saturated carbocycles. The van der Waals surface area contributed by atoms with Gasteiger partial charge >= 0.3 is 0 Å². The number of aromatic amines is 1. The lowest BCUT2D eigenvalue weighted by molar-refractivity contribution is 0.102. The number of methoxy groups -OCH3 is 1. The Morgan fingerprint density at radius 1 is 1.37 bits per heavy atom. The Morgan fingerprint density at radius 2 is 2.16 bits per heavy atom. The van der Waals surface area contributed by atoms with Crippen molar-refractivity contribution in [2.45, 2.75) is 0 Å². The monoisotopic (exact) mass is 260 g/mol. The molecule has 0 radical (unpaired) electrons. The minimum atomic E-state index is -0.526. The van der Waals surface area contributed by atoms with E-state index in [0.29, 0.717) is 11.4 Å². The van der Waals surface area contributed by atoms with E-state index >= 15 is 0 Å². The van der Waals surface area contributed by atoms with Crippen LogP contribution in [0.3, 0.4) is 0 Å². The maximum Gasteiger partial charge on any atom is 0.260 e. The van der Waals surface area contributed by atoms with Crippen molar-refractivity contribution < 1.29 is 14.6 Å². The van der Waals surface area contributed by atoms with Crippen LogP contribution in [0.5, 0.6) is 11.5 Å². The number of rotatable bonds is 3. The molecule has 19 heavy (non-hydrogen) atoms. The summed E-state index contributed by atoms with van der Waals surface area (Å²) in [6.07, 6.45) is 1.16. The van der Waals surface area contributed by atoms with Gasteiger partial charge in [0.2, 0.25) is 0 Å². The number of ether oxygens (including phenoxy) is 1. The van der Waals surface area contributed by atoms with Gasteiger partial charge in [-0.1, -0.05) is 6.07 Å². The number of nitrogens with one attached hydrogen (secondary N) is 2. The molecular weight excluding hydrogens is 248 g/mol. The van der Waals surface area contributed by atoms with E-state index in [0.717, 1.165) is 12.3 Å². The van der Waals surface area contributed by atoms with E-state index in [-0.39, 0.29) is 11.3 Å². The van der Waals surface area contributed by atoms with Gasteiger partial charge in [0.1, 0.15) is 11.5 Å². The first-order valence-electron chi connectivity index (χ1n) is 5.47. The third-order valence-electron chi connectivity index (χ3n) is 2.47. The Balaban J connectivity index is 2.23. The molecule has 2 rings (SSSR count). The summed E-state index contributed by atoms with van der Waals surface area (Å²) < 4.78 is 5.03. The second-order valence-corrected chi connectivity index (χ2v) is 3.78. The van der Waals surface area contributed by atoms with Crippen molar-refractivity contribution in [2.24, 2.45) is 0 Å². The lowest BCUT2D eigenvalue weighted by Gasteiger charge is -2.07. The van der Waals surface area contributed by atoms with Crippen LogP contribution in [0.1, 0.15) is 10.4 Å². The molecule has 0 aliphatic heterocycles. The zero-order chi connectivity index (χ0) is 13.8. The Hall–Kier alpha value is -2.76. The molecule has 0 spiro atoms. The second kappa shape index (κ2) is 5.26. The lowest BCUT2D eigenvalue weighted by atomic mass is 10.2. The molecule has 0 fully saturated rings. The smallest absolute Gasteiger partial charge is 0.260 e. The van der Waals surface area contributed by atoms with Crippen molar-refractivity contribution in [3.63, 3.8) is 0 Å². The summed E-state index contributed by atoms with van der Waals surface area (Å²) >= 11 is 0. The van der Waals surface area contributed by atoms with Crippen LogP contribution in [-0.4, -0.2) is 23.1 Å². The maximum absolute atomic E-state index is 11.9. The molecule has 6 heteroatoms. The molecule has 2 aromatic rings. The third-order valence-corrected chi connectivity index (χ3v) is 2.47. The highest BCUT2D eigenvalue weighted by Crippen LogP contribution is 2.19. The molecule has 1 amide bonds. The Kier molecular flexibility index (Phi) is 3.51. The normalized spacial score (nSPS) is 9.95. The van der Waals surface area contributed by atoms with Gasteiger partial charge < -0.3 is 20.1 Å². The topological polar surface area (TPSA) is 91.4 Å². The average molecular weight is 260 g/mol. The van der Waals surface area contributed by atoms with Gasteiger partial charge in [0.05, 0.1) is 12.7 Å². The highest BCUT2D eigenvalue weighted by atomic mass is 16.5. The summed E-state index contributed by atoms with van der Waals surface area (Å²) in [4.78, 5) is 25.2. The summed E-state index contributed by atoms with van der Waals surface area (Å²) in [6, 6.07) is 7.73. The van der Waals surface area contributed by atoms with E-state index in [4.69, 9.17) is 4.74 Å². The zero-order valence-corrected chi connectivity index (χ0v) is 10.1. The van der Waals surface area contributed by atoms with Crippen molar-refractivity contribution in [3.8, 4) is 11.5 Å². The largest absolute Gasteiger partial charge is 0.507 e. The SMILES string of the molecule is COc1cccc(NC(=O)c2c[nH]c(=O)cc2O)c1. The van der Waals surface area contributed by atoms with E-state index in [9.17, 15) is 14.7 Å². The minimum Gasteiger partial charge on any atom is -0.507 e. The van der Waals surface area contributed by atoms with Crippen molar-refractivity contribution in [1.29, 1.82) is 0 Å². The summed E-state index contributed by atoms with van der Waals surface area (Å²) in [5, 5.41) is 12.1. The number of hydrogen-bond donors (Lipinski definition) is 3. The summed E-state index contributed by atoms with van der Waals surface area (Å²) in [7, 11) is 1.52. The van der Waals surface area contributed by atoms with Crippen LogP contribution in [0, 0.1) is 0 Å². The highest BCUT2D eigenvalue weighted by Gasteiger charge is 2.12. The van der Waals surface area contributed by atoms with Crippen LogP contribution in [0.4, 0.5) is 5.69 Å². The second-order valence-electron chi connectivity index (χ2n) is 3.78. The number of carbonyl (C=O) groups excluding carboxylic acids is 1. The van der Waals surface area contributed by atoms with Crippen molar-refractivity contribution in [1.82, 2.24) is 4.98 Å². The standard InChI is InChI=1S/C13H12N2O4/c1-19-9-4-2-3-8(5-9)15-13(18)10-7-14-12(17)6-11(10)16/h2-7H,1H3,(H,15,18)(H2,14,16,17). The van der Waals surface area contributed by atoms with Gasteiger partial charge in [-0.3, -0.25) is 9.59 Å². The molecule has 0 bridgehead atoms. The Bertz CT molecular complexity index is 664. The number of benzene rings is 1. The van der Waals surface area contributed by atoms with Crippen LogP contribution < -0.4 is 15.6 Å². The quantitative estimate of drug-likeness (QED) is 0.776. The fourth-order valence-electron chi connectivity index (χ4n) is 1.54. The van der Waals surface area contributed by atoms with Crippen LogP contribution in [0.25, 0.3) is 0 Å². The number of carbonyl (C=O) groups is 1. The molecule has 0 saturated heterocycles. The van der Waals surface area contributed by atoms with Crippen LogP contribution in [0.15, 0.2) is 41.3 Å². The van der Waals surface area contributed by atoms with E-state index in [1.165, 1.54) is 7.11 Å². The van der Waals surface area contributed by atoms with Crippen LogP contribution in [-0.2, 0) is 0 Å². The van der Waals surface area contributed by atoms with Crippen molar-refractivity contribution in [2.75, 3.05) is 12.4 Å². The van der Waals surface area contributed by atoms with Crippen LogP contribution >= 0.6 is 0 Å². The van der Waals surface area contributed by atoms with Gasteiger partial charge in [-0.25, -0.2) is 0 Å². The number of amides is 1. The van der Waals surface area contributed by atoms with Gasteiger partial charge in [-0.2, -0.15) is 0 Å². The number of hydrogen-bond acceptors (Lipinski definition) is 4. The van der Waals surface area contributed by atoms with Gasteiger partial charge in [-0.15, -0.1) is 0 Å². The minimum absolute atomic E-state index is 0.0116. The first-order chi connectivity index (χ1) is 9.10. The Morgan fingerprint density at radius 3 is 2.84 bits per heavy atom. The predicted octanol–water partition coefficient (Wildman–Crippen LogP) is 1.34. The third kappa shape index (κ3) is 2.92. The predicted molar refractivity (Wildman–Crippen MR) is 69.7 cm³/mol. The molecule has 1 aromatic heterocycles. The number of pyridine rings is 1. The summed E-state index contributed by atoms with van der Waals surface area (Å²) in [6.45, 7) is 0. The van der Waals surface area contributed by atoms with Gasteiger partial charge in [-0.05, 0) is 12.1 Å². The molecule has 1 aromatic carbocycles. The number of anilines is 1. The number of aromatic nitrogens is 1. The molecule has 0 unspecified atom stereocenters. The average Bonchev–Trinajstić information content (AvgIpc) is 2.38. The number of aromatic hydroxyl groups is 1. The molecule has 98 valence electrons. The number of H-pyrrole nitrogens is 1. The van der Waals surface area contributed by atoms with Gasteiger partial charge in [0.25, 0.3) is 11.5 Å². The fourth-order valence-corrected chi connectivity index (χ4v) is 1.54. The highest BCUT2D eigenvalue weighted by molar-refractivity contribution is 6.05. The van der Waals surface area contributed by atoms with Gasteiger partial charge in [0, 0.05) is 24.0 Å². The van der Waals surface area contributed by atoms with E-state index < -0.39 is 11.5 Å². The Labute approximate surface area is 108 Å². The van der Waals surface area contributed by atoms with Crippen molar-refractivity contribution in [3.05, 3.63) is 52.4 Å². The maximum atomic E-state index is 11.9. The first kappa shape index (κ1) is 12.7.